The van der Waals surface area contributed by atoms with E-state index in [-0.39, 0.29) is 12.5 Å². The van der Waals surface area contributed by atoms with Gasteiger partial charge in [0.15, 0.2) is 6.29 Å². The summed E-state index contributed by atoms with van der Waals surface area (Å²) in [5.74, 6) is -0.0169. The van der Waals surface area contributed by atoms with Gasteiger partial charge in [-0.15, -0.1) is 0 Å². The SMILES string of the molecule is O=Cc1cc(Br)ncc1NC(=O)OCC1c2ccccc2-c2ccccc21. The van der Waals surface area contributed by atoms with Crippen molar-refractivity contribution in [2.24, 2.45) is 0 Å². The van der Waals surface area contributed by atoms with Crippen LogP contribution >= 0.6 is 15.9 Å². The number of hydrogen-bond acceptors (Lipinski definition) is 4. The molecule has 0 fully saturated rings. The molecule has 3 aromatic rings. The van der Waals surface area contributed by atoms with E-state index in [4.69, 9.17) is 4.74 Å². The van der Waals surface area contributed by atoms with Crippen LogP contribution in [0.1, 0.15) is 27.4 Å². The van der Waals surface area contributed by atoms with Gasteiger partial charge in [-0.2, -0.15) is 0 Å². The molecule has 0 aliphatic heterocycles. The average molecular weight is 423 g/mol. The molecule has 134 valence electrons. The van der Waals surface area contributed by atoms with Gasteiger partial charge in [0.2, 0.25) is 0 Å². The Bertz CT molecular complexity index is 990. The molecule has 1 heterocycles. The minimum atomic E-state index is -0.621. The molecule has 0 unspecified atom stereocenters. The van der Waals surface area contributed by atoms with Crippen LogP contribution in [0.15, 0.2) is 65.4 Å². The van der Waals surface area contributed by atoms with Crippen LogP contribution in [-0.4, -0.2) is 24.0 Å². The number of ether oxygens (including phenoxy) is 1. The Labute approximate surface area is 164 Å². The molecule has 0 saturated heterocycles. The van der Waals surface area contributed by atoms with Gasteiger partial charge >= 0.3 is 6.09 Å². The molecule has 1 amide bonds. The van der Waals surface area contributed by atoms with Crippen molar-refractivity contribution >= 4 is 34.0 Å². The molecule has 1 N–H and O–H groups in total. The minimum absolute atomic E-state index is 0.0169. The van der Waals surface area contributed by atoms with Gasteiger partial charge in [0.05, 0.1) is 11.9 Å². The van der Waals surface area contributed by atoms with Crippen molar-refractivity contribution in [2.45, 2.75) is 5.92 Å². The Hall–Kier alpha value is -2.99. The number of anilines is 1. The molecule has 1 aromatic heterocycles. The highest BCUT2D eigenvalue weighted by Gasteiger charge is 2.29. The fourth-order valence-electron chi connectivity index (χ4n) is 3.39. The smallest absolute Gasteiger partial charge is 0.411 e. The summed E-state index contributed by atoms with van der Waals surface area (Å²) < 4.78 is 5.98. The molecule has 6 heteroatoms. The zero-order valence-electron chi connectivity index (χ0n) is 14.2. The van der Waals surface area contributed by atoms with Crippen LogP contribution in [0.2, 0.25) is 0 Å². The van der Waals surface area contributed by atoms with Crippen molar-refractivity contribution in [3.05, 3.63) is 82.1 Å². The summed E-state index contributed by atoms with van der Waals surface area (Å²) in [6.45, 7) is 0.209. The number of nitrogens with zero attached hydrogens (tertiary/aromatic N) is 1. The number of fused-ring (bicyclic) bond motifs is 3. The molecular formula is C21H15BrN2O3. The van der Waals surface area contributed by atoms with Gasteiger partial charge in [0.25, 0.3) is 0 Å². The van der Waals surface area contributed by atoms with Crippen molar-refractivity contribution in [1.82, 2.24) is 4.98 Å². The number of aromatic nitrogens is 1. The van der Waals surface area contributed by atoms with Gasteiger partial charge in [-0.25, -0.2) is 9.78 Å². The topological polar surface area (TPSA) is 68.3 Å². The fourth-order valence-corrected chi connectivity index (χ4v) is 3.74. The molecule has 2 aromatic carbocycles. The Morgan fingerprint density at radius 1 is 1.11 bits per heavy atom. The summed E-state index contributed by atoms with van der Waals surface area (Å²) in [6.07, 6.45) is 1.45. The van der Waals surface area contributed by atoms with Gasteiger partial charge < -0.3 is 4.74 Å². The Kier molecular flexibility index (Phi) is 4.73. The number of benzene rings is 2. The van der Waals surface area contributed by atoms with Crippen LogP contribution in [-0.2, 0) is 4.74 Å². The summed E-state index contributed by atoms with van der Waals surface area (Å²) in [5, 5.41) is 2.58. The number of hydrogen-bond donors (Lipinski definition) is 1. The van der Waals surface area contributed by atoms with Crippen molar-refractivity contribution in [2.75, 3.05) is 11.9 Å². The number of pyridine rings is 1. The van der Waals surface area contributed by atoms with Crippen molar-refractivity contribution in [1.29, 1.82) is 0 Å². The van der Waals surface area contributed by atoms with E-state index < -0.39 is 6.09 Å². The van der Waals surface area contributed by atoms with E-state index in [1.807, 2.05) is 24.3 Å². The molecule has 1 aliphatic rings. The number of aldehydes is 1. The molecule has 1 aliphatic carbocycles. The van der Waals surface area contributed by atoms with Crippen LogP contribution in [0.5, 0.6) is 0 Å². The number of halogens is 1. The van der Waals surface area contributed by atoms with E-state index in [1.54, 1.807) is 0 Å². The fraction of sp³-hybridized carbons (Fsp3) is 0.0952. The number of nitrogens with one attached hydrogen (secondary N) is 1. The maximum absolute atomic E-state index is 12.3. The quantitative estimate of drug-likeness (QED) is 0.473. The van der Waals surface area contributed by atoms with Crippen molar-refractivity contribution < 1.29 is 14.3 Å². The van der Waals surface area contributed by atoms with E-state index >= 15 is 0 Å². The van der Waals surface area contributed by atoms with Crippen molar-refractivity contribution in [3.8, 4) is 11.1 Å². The second-order valence-electron chi connectivity index (χ2n) is 6.16. The number of carbonyl (C=O) groups excluding carboxylic acids is 2. The minimum Gasteiger partial charge on any atom is -0.448 e. The molecule has 0 bridgehead atoms. The van der Waals surface area contributed by atoms with Gasteiger partial charge in [-0.3, -0.25) is 10.1 Å². The lowest BCUT2D eigenvalue weighted by molar-refractivity contribution is 0.112. The van der Waals surface area contributed by atoms with Crippen LogP contribution in [0.4, 0.5) is 10.5 Å². The Morgan fingerprint density at radius 3 is 2.37 bits per heavy atom. The molecule has 5 nitrogen and oxygen atoms in total. The molecule has 0 saturated carbocycles. The predicted octanol–water partition coefficient (Wildman–Crippen LogP) is 5.02. The highest BCUT2D eigenvalue weighted by Crippen LogP contribution is 2.44. The van der Waals surface area contributed by atoms with E-state index in [9.17, 15) is 9.59 Å². The maximum Gasteiger partial charge on any atom is 0.411 e. The van der Waals surface area contributed by atoms with E-state index in [1.165, 1.54) is 23.4 Å². The highest BCUT2D eigenvalue weighted by atomic mass is 79.9. The zero-order chi connectivity index (χ0) is 18.8. The number of carbonyl (C=O) groups is 2. The summed E-state index contributed by atoms with van der Waals surface area (Å²) in [5.41, 5.74) is 5.26. The lowest BCUT2D eigenvalue weighted by atomic mass is 9.98. The normalized spacial score (nSPS) is 12.2. The summed E-state index contributed by atoms with van der Waals surface area (Å²) in [4.78, 5) is 27.4. The Morgan fingerprint density at radius 2 is 1.74 bits per heavy atom. The first kappa shape index (κ1) is 17.4. The van der Waals surface area contributed by atoms with Crippen LogP contribution in [0, 0.1) is 0 Å². The second kappa shape index (κ2) is 7.32. The standard InChI is InChI=1S/C21H15BrN2O3/c22-20-9-13(11-25)19(10-23-20)24-21(26)27-12-18-16-7-3-1-5-14(16)15-6-2-4-8-17(15)18/h1-11,18H,12H2,(H,24,26). The van der Waals surface area contributed by atoms with Gasteiger partial charge in [-0.1, -0.05) is 48.5 Å². The molecule has 27 heavy (non-hydrogen) atoms. The second-order valence-corrected chi connectivity index (χ2v) is 6.98. The van der Waals surface area contributed by atoms with Crippen LogP contribution < -0.4 is 5.32 Å². The lowest BCUT2D eigenvalue weighted by Gasteiger charge is -2.15. The molecule has 0 spiro atoms. The van der Waals surface area contributed by atoms with E-state index in [2.05, 4.69) is 50.5 Å². The molecule has 0 radical (unpaired) electrons. The first-order chi connectivity index (χ1) is 13.2. The largest absolute Gasteiger partial charge is 0.448 e. The molecule has 4 rings (SSSR count). The summed E-state index contributed by atoms with van der Waals surface area (Å²) >= 11 is 3.20. The van der Waals surface area contributed by atoms with E-state index in [0.717, 1.165) is 11.1 Å². The number of amides is 1. The van der Waals surface area contributed by atoms with E-state index in [0.29, 0.717) is 22.1 Å². The summed E-state index contributed by atoms with van der Waals surface area (Å²) in [7, 11) is 0. The van der Waals surface area contributed by atoms with Crippen LogP contribution in [0.25, 0.3) is 11.1 Å². The number of rotatable bonds is 4. The highest BCUT2D eigenvalue weighted by molar-refractivity contribution is 9.10. The zero-order valence-corrected chi connectivity index (χ0v) is 15.8. The molecule has 0 atom stereocenters. The average Bonchev–Trinajstić information content (AvgIpc) is 3.01. The van der Waals surface area contributed by atoms with Crippen molar-refractivity contribution in [3.63, 3.8) is 0 Å². The maximum atomic E-state index is 12.3. The van der Waals surface area contributed by atoms with Crippen LogP contribution in [0.3, 0.4) is 0 Å². The lowest BCUT2D eigenvalue weighted by Crippen LogP contribution is -2.18. The predicted molar refractivity (Wildman–Crippen MR) is 106 cm³/mol. The molecular weight excluding hydrogens is 408 g/mol. The first-order valence-electron chi connectivity index (χ1n) is 8.40. The third kappa shape index (κ3) is 3.36. The van der Waals surface area contributed by atoms with Gasteiger partial charge in [0, 0.05) is 11.5 Å². The summed E-state index contributed by atoms with van der Waals surface area (Å²) in [6, 6.07) is 17.8. The van der Waals surface area contributed by atoms with Gasteiger partial charge in [-0.05, 0) is 44.3 Å². The third-order valence-electron chi connectivity index (χ3n) is 4.61. The Balaban J connectivity index is 1.51. The monoisotopic (exact) mass is 422 g/mol. The first-order valence-corrected chi connectivity index (χ1v) is 9.19. The van der Waals surface area contributed by atoms with Gasteiger partial charge in [0.1, 0.15) is 11.2 Å². The third-order valence-corrected chi connectivity index (χ3v) is 5.04.